The normalized spacial score (nSPS) is 11.1. The number of nitriles is 1. The van der Waals surface area contributed by atoms with Gasteiger partial charge in [-0.05, 0) is 53.2 Å². The molecule has 2 aromatic carbocycles. The molecule has 146 valence electrons. The molecule has 7 heteroatoms. The van der Waals surface area contributed by atoms with Crippen molar-refractivity contribution in [2.75, 3.05) is 11.9 Å². The van der Waals surface area contributed by atoms with Gasteiger partial charge in [-0.15, -0.1) is 0 Å². The molecule has 0 fully saturated rings. The van der Waals surface area contributed by atoms with E-state index >= 15 is 0 Å². The second-order valence-electron chi connectivity index (χ2n) is 7.00. The van der Waals surface area contributed by atoms with Crippen molar-refractivity contribution in [1.29, 1.82) is 5.26 Å². The number of hydrogen-bond donors (Lipinski definition) is 0. The molecule has 0 aliphatic heterocycles. The monoisotopic (exact) mass is 457 g/mol. The Bertz CT molecular complexity index is 1460. The summed E-state index contributed by atoms with van der Waals surface area (Å²) in [6.07, 6.45) is 1.74. The highest BCUT2D eigenvalue weighted by molar-refractivity contribution is 9.10. The molecule has 6 nitrogen and oxygen atoms in total. The Morgan fingerprint density at radius 1 is 1.13 bits per heavy atom. The summed E-state index contributed by atoms with van der Waals surface area (Å²) in [6, 6.07) is 19.6. The first kappa shape index (κ1) is 18.4. The van der Waals surface area contributed by atoms with Gasteiger partial charge in [0.1, 0.15) is 11.4 Å². The maximum Gasteiger partial charge on any atom is 0.157 e. The van der Waals surface area contributed by atoms with Crippen LogP contribution in [-0.4, -0.2) is 21.6 Å². The molecule has 0 spiro atoms. The lowest BCUT2D eigenvalue weighted by Gasteiger charge is -2.20. The smallest absolute Gasteiger partial charge is 0.157 e. The van der Waals surface area contributed by atoms with Gasteiger partial charge >= 0.3 is 0 Å². The highest BCUT2D eigenvalue weighted by atomic mass is 79.9. The standard InChI is InChI=1S/C23H16BrN5O/c1-14-11-21(29-20(27-14)9-10-26-29)28(2)16-7-8-19-18(12-16)22(24)23(30-19)17-6-4-3-5-15(17)13-25/h3-12H,1-2H3. The largest absolute Gasteiger partial charge is 0.455 e. The zero-order valence-electron chi connectivity index (χ0n) is 16.3. The van der Waals surface area contributed by atoms with Crippen LogP contribution in [0.2, 0.25) is 0 Å². The summed E-state index contributed by atoms with van der Waals surface area (Å²) < 4.78 is 8.74. The van der Waals surface area contributed by atoms with Crippen LogP contribution >= 0.6 is 15.9 Å². The first-order valence-corrected chi connectivity index (χ1v) is 10.1. The van der Waals surface area contributed by atoms with E-state index in [1.807, 2.05) is 61.0 Å². The number of nitrogens with zero attached hydrogens (tertiary/aromatic N) is 5. The maximum atomic E-state index is 9.45. The molecule has 3 heterocycles. The van der Waals surface area contributed by atoms with Crippen molar-refractivity contribution < 1.29 is 4.42 Å². The van der Waals surface area contributed by atoms with Gasteiger partial charge in [-0.25, -0.2) is 4.98 Å². The first-order valence-electron chi connectivity index (χ1n) is 9.33. The van der Waals surface area contributed by atoms with Gasteiger partial charge in [0.25, 0.3) is 0 Å². The molecule has 0 saturated carbocycles. The molecule has 0 bridgehead atoms. The van der Waals surface area contributed by atoms with E-state index < -0.39 is 0 Å². The number of hydrogen-bond acceptors (Lipinski definition) is 5. The number of benzene rings is 2. The van der Waals surface area contributed by atoms with Crippen LogP contribution in [0.3, 0.4) is 0 Å². The van der Waals surface area contributed by atoms with Crippen molar-refractivity contribution in [2.45, 2.75) is 6.92 Å². The third-order valence-electron chi connectivity index (χ3n) is 5.10. The Morgan fingerprint density at radius 2 is 1.97 bits per heavy atom. The van der Waals surface area contributed by atoms with Crippen LogP contribution in [-0.2, 0) is 0 Å². The Labute approximate surface area is 181 Å². The van der Waals surface area contributed by atoms with Crippen LogP contribution < -0.4 is 4.90 Å². The molecule has 5 aromatic rings. The van der Waals surface area contributed by atoms with E-state index in [0.29, 0.717) is 11.3 Å². The van der Waals surface area contributed by atoms with Crippen LogP contribution in [0.15, 0.2) is 69.7 Å². The van der Waals surface area contributed by atoms with Gasteiger partial charge in [-0.2, -0.15) is 14.9 Å². The van der Waals surface area contributed by atoms with Crippen molar-refractivity contribution in [3.05, 3.63) is 76.5 Å². The number of halogens is 1. The van der Waals surface area contributed by atoms with E-state index in [2.05, 4.69) is 43.0 Å². The topological polar surface area (TPSA) is 70.4 Å². The Kier molecular flexibility index (Phi) is 4.30. The summed E-state index contributed by atoms with van der Waals surface area (Å²) in [5.41, 5.74) is 4.79. The van der Waals surface area contributed by atoms with Crippen molar-refractivity contribution >= 4 is 44.1 Å². The van der Waals surface area contributed by atoms with Crippen molar-refractivity contribution in [3.63, 3.8) is 0 Å². The molecule has 5 rings (SSSR count). The van der Waals surface area contributed by atoms with Crippen LogP contribution in [0.4, 0.5) is 11.5 Å². The van der Waals surface area contributed by atoms with Gasteiger partial charge in [0.2, 0.25) is 0 Å². The first-order chi connectivity index (χ1) is 14.6. The van der Waals surface area contributed by atoms with Crippen LogP contribution in [0.1, 0.15) is 11.3 Å². The van der Waals surface area contributed by atoms with Gasteiger partial charge in [-0.3, -0.25) is 0 Å². The second kappa shape index (κ2) is 7.01. The average molecular weight is 458 g/mol. The number of anilines is 2. The average Bonchev–Trinajstić information content (AvgIpc) is 3.36. The molecule has 0 saturated heterocycles. The van der Waals surface area contributed by atoms with Gasteiger partial charge in [0.05, 0.1) is 22.3 Å². The molecule has 30 heavy (non-hydrogen) atoms. The lowest BCUT2D eigenvalue weighted by atomic mass is 10.1. The third kappa shape index (κ3) is 2.85. The minimum absolute atomic E-state index is 0.572. The summed E-state index contributed by atoms with van der Waals surface area (Å²) in [6.45, 7) is 1.97. The maximum absolute atomic E-state index is 9.45. The number of aryl methyl sites for hydroxylation is 1. The van der Waals surface area contributed by atoms with Gasteiger partial charge in [0, 0.05) is 41.5 Å². The fourth-order valence-electron chi connectivity index (χ4n) is 3.61. The summed E-state index contributed by atoms with van der Waals surface area (Å²) >= 11 is 3.69. The fraction of sp³-hybridized carbons (Fsp3) is 0.0870. The van der Waals surface area contributed by atoms with Crippen LogP contribution in [0, 0.1) is 18.3 Å². The number of aromatic nitrogens is 3. The highest BCUT2D eigenvalue weighted by Gasteiger charge is 2.18. The predicted octanol–water partition coefficient (Wildman–Crippen LogP) is 5.85. The molecular weight excluding hydrogens is 442 g/mol. The van der Waals surface area contributed by atoms with Gasteiger partial charge in [0.15, 0.2) is 11.4 Å². The van der Waals surface area contributed by atoms with E-state index in [1.165, 1.54) is 0 Å². The molecule has 0 aliphatic rings. The molecule has 0 unspecified atom stereocenters. The van der Waals surface area contributed by atoms with Crippen molar-refractivity contribution in [2.24, 2.45) is 0 Å². The fourth-order valence-corrected chi connectivity index (χ4v) is 4.21. The lowest BCUT2D eigenvalue weighted by molar-refractivity contribution is 0.629. The van der Waals surface area contributed by atoms with E-state index in [-0.39, 0.29) is 0 Å². The minimum Gasteiger partial charge on any atom is -0.455 e. The Morgan fingerprint density at radius 3 is 2.80 bits per heavy atom. The molecule has 0 amide bonds. The molecule has 0 N–H and O–H groups in total. The summed E-state index contributed by atoms with van der Waals surface area (Å²) in [5, 5.41) is 14.8. The predicted molar refractivity (Wildman–Crippen MR) is 120 cm³/mol. The van der Waals surface area contributed by atoms with Gasteiger partial charge in [-0.1, -0.05) is 12.1 Å². The summed E-state index contributed by atoms with van der Waals surface area (Å²) in [5.74, 6) is 1.56. The van der Waals surface area contributed by atoms with Crippen molar-refractivity contribution in [1.82, 2.24) is 14.6 Å². The Balaban J connectivity index is 1.64. The highest BCUT2D eigenvalue weighted by Crippen LogP contribution is 2.40. The molecule has 3 aromatic heterocycles. The quantitative estimate of drug-likeness (QED) is 0.339. The third-order valence-corrected chi connectivity index (χ3v) is 5.89. The number of rotatable bonds is 3. The van der Waals surface area contributed by atoms with E-state index in [4.69, 9.17) is 4.42 Å². The number of furan rings is 1. The lowest BCUT2D eigenvalue weighted by Crippen LogP contribution is -2.14. The molecule has 0 atom stereocenters. The summed E-state index contributed by atoms with van der Waals surface area (Å²) in [4.78, 5) is 6.58. The van der Waals surface area contributed by atoms with Gasteiger partial charge < -0.3 is 9.32 Å². The zero-order valence-corrected chi connectivity index (χ0v) is 17.9. The molecule has 0 aliphatic carbocycles. The SMILES string of the molecule is Cc1cc(N(C)c2ccc3oc(-c4ccccc4C#N)c(Br)c3c2)n2nccc2n1. The molecular formula is C23H16BrN5O. The van der Waals surface area contributed by atoms with Crippen LogP contribution in [0.25, 0.3) is 27.9 Å². The summed E-state index contributed by atoms with van der Waals surface area (Å²) in [7, 11) is 2.00. The molecule has 0 radical (unpaired) electrons. The van der Waals surface area contributed by atoms with Crippen molar-refractivity contribution in [3.8, 4) is 17.4 Å². The van der Waals surface area contributed by atoms with E-state index in [0.717, 1.165) is 43.9 Å². The van der Waals surface area contributed by atoms with E-state index in [1.54, 1.807) is 12.3 Å². The zero-order chi connectivity index (χ0) is 20.8. The number of fused-ring (bicyclic) bond motifs is 2. The Hall–Kier alpha value is -3.63. The van der Waals surface area contributed by atoms with E-state index in [9.17, 15) is 5.26 Å². The van der Waals surface area contributed by atoms with Crippen LogP contribution in [0.5, 0.6) is 0 Å². The second-order valence-corrected chi connectivity index (χ2v) is 7.79. The minimum atomic E-state index is 0.572.